The van der Waals surface area contributed by atoms with E-state index in [0.29, 0.717) is 5.52 Å². The van der Waals surface area contributed by atoms with Gasteiger partial charge in [-0.1, -0.05) is 18.2 Å². The number of hydrogen-bond donors (Lipinski definition) is 1. The molecule has 78 valence electrons. The molecule has 0 aliphatic carbocycles. The highest BCUT2D eigenvalue weighted by Crippen LogP contribution is 2.37. The molecule has 0 atom stereocenters. The van der Waals surface area contributed by atoms with Gasteiger partial charge in [-0.15, -0.1) is 0 Å². The Bertz CT molecular complexity index is 505. The van der Waals surface area contributed by atoms with Crippen molar-refractivity contribution in [3.63, 3.8) is 0 Å². The van der Waals surface area contributed by atoms with Crippen LogP contribution in [0.25, 0.3) is 10.9 Å². The predicted octanol–water partition coefficient (Wildman–Crippen LogP) is 2.84. The Hall–Kier alpha value is -1.78. The fraction of sp³-hybridized carbons (Fsp3) is 0.100. The van der Waals surface area contributed by atoms with E-state index in [4.69, 9.17) is 5.73 Å². The zero-order valence-corrected chi connectivity index (χ0v) is 7.55. The molecule has 2 aromatic rings. The Morgan fingerprint density at radius 2 is 1.80 bits per heavy atom. The maximum Gasteiger partial charge on any atom is 0.419 e. The largest absolute Gasteiger partial charge is 0.419 e. The molecule has 0 unspecified atom stereocenters. The highest BCUT2D eigenvalue weighted by molar-refractivity contribution is 5.86. The molecule has 1 heterocycles. The van der Waals surface area contributed by atoms with Gasteiger partial charge in [-0.25, -0.2) is 0 Å². The van der Waals surface area contributed by atoms with Crippen LogP contribution < -0.4 is 5.73 Å². The van der Waals surface area contributed by atoms with Crippen LogP contribution in [0.2, 0.25) is 0 Å². The molecule has 1 aromatic carbocycles. The third kappa shape index (κ3) is 1.60. The minimum absolute atomic E-state index is 0.0324. The second-order valence-corrected chi connectivity index (χ2v) is 3.10. The summed E-state index contributed by atoms with van der Waals surface area (Å²) in [4.78, 5) is 3.83. The molecule has 1 aromatic heterocycles. The first-order valence-corrected chi connectivity index (χ1v) is 4.20. The first-order chi connectivity index (χ1) is 7.00. The van der Waals surface area contributed by atoms with Gasteiger partial charge in [0.1, 0.15) is 0 Å². The summed E-state index contributed by atoms with van der Waals surface area (Å²) in [6.07, 6.45) is -3.42. The minimum Gasteiger partial charge on any atom is -0.397 e. The summed E-state index contributed by atoms with van der Waals surface area (Å²) in [7, 11) is 0. The topological polar surface area (TPSA) is 38.9 Å². The standard InChI is InChI=1S/C10H7F3N2/c11-10(12,13)9-6-3-1-2-4-8(6)15-5-7(9)14/h1-5H,14H2. The number of nitrogens with zero attached hydrogens (tertiary/aromatic N) is 1. The maximum atomic E-state index is 12.7. The first kappa shape index (κ1) is 9.76. The SMILES string of the molecule is Nc1cnc2ccccc2c1C(F)(F)F. The zero-order valence-electron chi connectivity index (χ0n) is 7.55. The van der Waals surface area contributed by atoms with Crippen molar-refractivity contribution in [3.05, 3.63) is 36.0 Å². The number of para-hydroxylation sites is 1. The fourth-order valence-corrected chi connectivity index (χ4v) is 1.47. The molecule has 2 nitrogen and oxygen atoms in total. The number of nitrogens with two attached hydrogens (primary N) is 1. The summed E-state index contributed by atoms with van der Waals surface area (Å²) < 4.78 is 38.0. The number of halogens is 3. The van der Waals surface area contributed by atoms with Gasteiger partial charge in [0.2, 0.25) is 0 Å². The van der Waals surface area contributed by atoms with Gasteiger partial charge in [-0.3, -0.25) is 4.98 Å². The molecule has 0 aliphatic heterocycles. The summed E-state index contributed by atoms with van der Waals surface area (Å²) in [5, 5.41) is 0.0324. The van der Waals surface area contributed by atoms with E-state index in [2.05, 4.69) is 4.98 Å². The number of hydrogen-bond acceptors (Lipinski definition) is 2. The molecule has 0 fully saturated rings. The van der Waals surface area contributed by atoms with Crippen LogP contribution in [0.3, 0.4) is 0 Å². The Kier molecular flexibility index (Phi) is 2.03. The molecule has 0 aliphatic rings. The molecule has 0 saturated carbocycles. The van der Waals surface area contributed by atoms with Gasteiger partial charge in [-0.05, 0) is 6.07 Å². The number of alkyl halides is 3. The maximum absolute atomic E-state index is 12.7. The van der Waals surface area contributed by atoms with Gasteiger partial charge >= 0.3 is 6.18 Å². The predicted molar refractivity (Wildman–Crippen MR) is 51.2 cm³/mol. The monoisotopic (exact) mass is 212 g/mol. The quantitative estimate of drug-likeness (QED) is 0.729. The summed E-state index contributed by atoms with van der Waals surface area (Å²) in [6.45, 7) is 0. The van der Waals surface area contributed by atoms with E-state index in [0.717, 1.165) is 6.20 Å². The van der Waals surface area contributed by atoms with Crippen LogP contribution in [0, 0.1) is 0 Å². The van der Waals surface area contributed by atoms with Crippen molar-refractivity contribution >= 4 is 16.6 Å². The summed E-state index contributed by atoms with van der Waals surface area (Å²) in [5.74, 6) is 0. The molecular formula is C10H7F3N2. The van der Waals surface area contributed by atoms with Crippen molar-refractivity contribution < 1.29 is 13.2 Å². The third-order valence-corrected chi connectivity index (χ3v) is 2.09. The van der Waals surface area contributed by atoms with E-state index in [-0.39, 0.29) is 11.1 Å². The lowest BCUT2D eigenvalue weighted by atomic mass is 10.1. The molecule has 0 radical (unpaired) electrons. The number of aromatic nitrogens is 1. The van der Waals surface area contributed by atoms with Gasteiger partial charge in [-0.2, -0.15) is 13.2 Å². The van der Waals surface area contributed by atoms with E-state index in [1.54, 1.807) is 6.07 Å². The van der Waals surface area contributed by atoms with Gasteiger partial charge in [0.25, 0.3) is 0 Å². The second-order valence-electron chi connectivity index (χ2n) is 3.10. The molecule has 0 bridgehead atoms. The Morgan fingerprint density at radius 3 is 2.47 bits per heavy atom. The van der Waals surface area contributed by atoms with Crippen LogP contribution in [-0.2, 0) is 6.18 Å². The Morgan fingerprint density at radius 1 is 1.13 bits per heavy atom. The van der Waals surface area contributed by atoms with Crippen molar-refractivity contribution in [3.8, 4) is 0 Å². The highest BCUT2D eigenvalue weighted by atomic mass is 19.4. The van der Waals surface area contributed by atoms with E-state index < -0.39 is 11.7 Å². The van der Waals surface area contributed by atoms with Gasteiger partial charge in [0.05, 0.1) is 23.0 Å². The van der Waals surface area contributed by atoms with Gasteiger partial charge in [0, 0.05) is 5.39 Å². The van der Waals surface area contributed by atoms with Crippen LogP contribution in [0.1, 0.15) is 5.56 Å². The molecule has 15 heavy (non-hydrogen) atoms. The summed E-state index contributed by atoms with van der Waals surface area (Å²) in [6, 6.07) is 6.04. The van der Waals surface area contributed by atoms with E-state index >= 15 is 0 Å². The lowest BCUT2D eigenvalue weighted by molar-refractivity contribution is -0.135. The normalized spacial score (nSPS) is 11.9. The second kappa shape index (κ2) is 3.12. The average Bonchev–Trinajstić information content (AvgIpc) is 2.15. The Balaban J connectivity index is 2.86. The van der Waals surface area contributed by atoms with Crippen molar-refractivity contribution in [1.82, 2.24) is 4.98 Å². The molecule has 0 saturated heterocycles. The van der Waals surface area contributed by atoms with Crippen LogP contribution in [-0.4, -0.2) is 4.98 Å². The van der Waals surface area contributed by atoms with E-state index in [1.165, 1.54) is 18.2 Å². The number of benzene rings is 1. The smallest absolute Gasteiger partial charge is 0.397 e. The van der Waals surface area contributed by atoms with Crippen LogP contribution in [0.15, 0.2) is 30.5 Å². The van der Waals surface area contributed by atoms with Crippen molar-refractivity contribution in [2.45, 2.75) is 6.18 Å². The molecule has 0 amide bonds. The third-order valence-electron chi connectivity index (χ3n) is 2.09. The minimum atomic E-state index is -4.45. The highest BCUT2D eigenvalue weighted by Gasteiger charge is 2.35. The molecule has 5 heteroatoms. The molecule has 0 spiro atoms. The summed E-state index contributed by atoms with van der Waals surface area (Å²) >= 11 is 0. The Labute approximate surface area is 83.5 Å². The van der Waals surface area contributed by atoms with Crippen LogP contribution >= 0.6 is 0 Å². The number of pyridine rings is 1. The van der Waals surface area contributed by atoms with Crippen molar-refractivity contribution in [2.75, 3.05) is 5.73 Å². The molecule has 2 rings (SSSR count). The first-order valence-electron chi connectivity index (χ1n) is 4.20. The molecular weight excluding hydrogens is 205 g/mol. The number of fused-ring (bicyclic) bond motifs is 1. The van der Waals surface area contributed by atoms with Crippen molar-refractivity contribution in [1.29, 1.82) is 0 Å². The molecule has 2 N–H and O–H groups in total. The van der Waals surface area contributed by atoms with E-state index in [9.17, 15) is 13.2 Å². The number of nitrogen functional groups attached to an aromatic ring is 1. The summed E-state index contributed by atoms with van der Waals surface area (Å²) in [5.41, 5.74) is 4.42. The number of rotatable bonds is 0. The fourth-order valence-electron chi connectivity index (χ4n) is 1.47. The lowest BCUT2D eigenvalue weighted by Gasteiger charge is -2.12. The van der Waals surface area contributed by atoms with E-state index in [1.807, 2.05) is 0 Å². The lowest BCUT2D eigenvalue weighted by Crippen LogP contribution is -2.10. The van der Waals surface area contributed by atoms with Crippen molar-refractivity contribution in [2.24, 2.45) is 0 Å². The number of anilines is 1. The van der Waals surface area contributed by atoms with Gasteiger partial charge in [0.15, 0.2) is 0 Å². The zero-order chi connectivity index (χ0) is 11.1. The van der Waals surface area contributed by atoms with Crippen LogP contribution in [0.5, 0.6) is 0 Å². The average molecular weight is 212 g/mol. The van der Waals surface area contributed by atoms with Gasteiger partial charge < -0.3 is 5.73 Å². The van der Waals surface area contributed by atoms with Crippen LogP contribution in [0.4, 0.5) is 18.9 Å².